The molecule has 2 rings (SSSR count). The van der Waals surface area contributed by atoms with Crippen molar-refractivity contribution in [2.24, 2.45) is 7.05 Å². The van der Waals surface area contributed by atoms with E-state index in [1.165, 1.54) is 62.1 Å². The summed E-state index contributed by atoms with van der Waals surface area (Å²) in [6.45, 7) is 9.87. The van der Waals surface area contributed by atoms with Crippen molar-refractivity contribution in [2.75, 3.05) is 18.0 Å². The Kier molecular flexibility index (Phi) is 6.09. The summed E-state index contributed by atoms with van der Waals surface area (Å²) in [7, 11) is 2.10. The number of aryl methyl sites for hydroxylation is 2. The van der Waals surface area contributed by atoms with Crippen molar-refractivity contribution in [3.8, 4) is 0 Å². The minimum atomic E-state index is 0.673. The van der Waals surface area contributed by atoms with Crippen molar-refractivity contribution in [1.29, 1.82) is 0 Å². The highest BCUT2D eigenvalue weighted by Gasteiger charge is 2.25. The van der Waals surface area contributed by atoms with E-state index in [2.05, 4.69) is 42.7 Å². The van der Waals surface area contributed by atoms with Gasteiger partial charge in [0.15, 0.2) is 0 Å². The molecule has 0 saturated carbocycles. The van der Waals surface area contributed by atoms with Crippen LogP contribution in [-0.2, 0) is 13.6 Å². The van der Waals surface area contributed by atoms with Gasteiger partial charge in [0.25, 0.3) is 0 Å². The zero-order chi connectivity index (χ0) is 15.2. The predicted molar refractivity (Wildman–Crippen MR) is 89.8 cm³/mol. The van der Waals surface area contributed by atoms with E-state index in [1.807, 2.05) is 0 Å². The zero-order valence-electron chi connectivity index (χ0n) is 14.3. The first-order valence-corrected chi connectivity index (χ1v) is 8.68. The molecule has 1 N–H and O–H groups in total. The fraction of sp³-hybridized carbons (Fsp3) is 0.824. The van der Waals surface area contributed by atoms with Gasteiger partial charge < -0.3 is 10.2 Å². The maximum Gasteiger partial charge on any atom is 0.131 e. The molecule has 1 aliphatic heterocycles. The van der Waals surface area contributed by atoms with Crippen LogP contribution >= 0.6 is 0 Å². The molecular formula is C17H32N4. The quantitative estimate of drug-likeness (QED) is 0.816. The Labute approximate surface area is 129 Å². The third-order valence-corrected chi connectivity index (χ3v) is 4.66. The van der Waals surface area contributed by atoms with Crippen LogP contribution < -0.4 is 10.2 Å². The third-order valence-electron chi connectivity index (χ3n) is 4.66. The van der Waals surface area contributed by atoms with Crippen molar-refractivity contribution in [3.05, 3.63) is 11.3 Å². The van der Waals surface area contributed by atoms with Gasteiger partial charge in [-0.2, -0.15) is 5.10 Å². The molecule has 1 aromatic heterocycles. The van der Waals surface area contributed by atoms with Gasteiger partial charge in [-0.3, -0.25) is 4.68 Å². The highest BCUT2D eigenvalue weighted by atomic mass is 15.4. The number of nitrogens with zero attached hydrogens (tertiary/aromatic N) is 3. The summed E-state index contributed by atoms with van der Waals surface area (Å²) in [5, 5.41) is 8.25. The standard InChI is InChI=1S/C17H32N4/c1-5-11-18-13-16-14(3)19-20(4)17(16)21-12-9-7-8-10-15(21)6-2/h15,18H,5-13H2,1-4H3. The summed E-state index contributed by atoms with van der Waals surface area (Å²) >= 11 is 0. The molecule has 0 aromatic carbocycles. The smallest absolute Gasteiger partial charge is 0.131 e. The lowest BCUT2D eigenvalue weighted by Crippen LogP contribution is -2.36. The number of nitrogens with one attached hydrogen (secondary N) is 1. The van der Waals surface area contributed by atoms with Gasteiger partial charge in [0.1, 0.15) is 5.82 Å². The first kappa shape index (κ1) is 16.3. The largest absolute Gasteiger partial charge is 0.354 e. The molecule has 1 unspecified atom stereocenters. The summed E-state index contributed by atoms with van der Waals surface area (Å²) in [6, 6.07) is 0.673. The normalized spacial score (nSPS) is 19.8. The van der Waals surface area contributed by atoms with Gasteiger partial charge in [0.2, 0.25) is 0 Å². The van der Waals surface area contributed by atoms with E-state index in [-0.39, 0.29) is 0 Å². The molecule has 21 heavy (non-hydrogen) atoms. The molecule has 0 bridgehead atoms. The van der Waals surface area contributed by atoms with Gasteiger partial charge in [-0.05, 0) is 39.2 Å². The average Bonchev–Trinajstić information content (AvgIpc) is 2.66. The Morgan fingerprint density at radius 2 is 2.05 bits per heavy atom. The van der Waals surface area contributed by atoms with Gasteiger partial charge in [0, 0.05) is 31.7 Å². The van der Waals surface area contributed by atoms with Crippen LogP contribution in [0.3, 0.4) is 0 Å². The average molecular weight is 292 g/mol. The molecule has 0 amide bonds. The van der Waals surface area contributed by atoms with E-state index in [1.54, 1.807) is 0 Å². The Hall–Kier alpha value is -1.03. The first-order valence-electron chi connectivity index (χ1n) is 8.68. The van der Waals surface area contributed by atoms with Gasteiger partial charge in [-0.25, -0.2) is 0 Å². The van der Waals surface area contributed by atoms with E-state index in [4.69, 9.17) is 5.10 Å². The molecule has 0 radical (unpaired) electrons. The molecule has 1 atom stereocenters. The number of anilines is 1. The number of hydrogen-bond acceptors (Lipinski definition) is 3. The van der Waals surface area contributed by atoms with Gasteiger partial charge in [-0.1, -0.05) is 26.7 Å². The van der Waals surface area contributed by atoms with Crippen molar-refractivity contribution in [2.45, 2.75) is 71.9 Å². The second-order valence-corrected chi connectivity index (χ2v) is 6.29. The molecule has 1 aromatic rings. The zero-order valence-corrected chi connectivity index (χ0v) is 14.3. The molecule has 4 nitrogen and oxygen atoms in total. The van der Waals surface area contributed by atoms with E-state index in [0.29, 0.717) is 6.04 Å². The first-order chi connectivity index (χ1) is 10.2. The second-order valence-electron chi connectivity index (χ2n) is 6.29. The molecule has 1 saturated heterocycles. The van der Waals surface area contributed by atoms with Gasteiger partial charge in [-0.15, -0.1) is 0 Å². The van der Waals surface area contributed by atoms with E-state index >= 15 is 0 Å². The Bertz CT molecular complexity index is 438. The lowest BCUT2D eigenvalue weighted by Gasteiger charge is -2.32. The number of aromatic nitrogens is 2. The summed E-state index contributed by atoms with van der Waals surface area (Å²) in [6.07, 6.45) is 7.77. The van der Waals surface area contributed by atoms with Crippen LogP contribution in [0.15, 0.2) is 0 Å². The summed E-state index contributed by atoms with van der Waals surface area (Å²) in [4.78, 5) is 2.63. The van der Waals surface area contributed by atoms with Crippen molar-refractivity contribution >= 4 is 5.82 Å². The fourth-order valence-electron chi connectivity index (χ4n) is 3.53. The monoisotopic (exact) mass is 292 g/mol. The minimum Gasteiger partial charge on any atom is -0.354 e. The molecule has 1 aliphatic rings. The summed E-state index contributed by atoms with van der Waals surface area (Å²) < 4.78 is 2.10. The topological polar surface area (TPSA) is 33.1 Å². The highest BCUT2D eigenvalue weighted by molar-refractivity contribution is 5.51. The lowest BCUT2D eigenvalue weighted by atomic mass is 10.1. The lowest BCUT2D eigenvalue weighted by molar-refractivity contribution is 0.539. The van der Waals surface area contributed by atoms with Crippen LogP contribution in [0, 0.1) is 6.92 Å². The highest BCUT2D eigenvalue weighted by Crippen LogP contribution is 2.30. The van der Waals surface area contributed by atoms with E-state index in [0.717, 1.165) is 13.1 Å². The maximum absolute atomic E-state index is 4.70. The van der Waals surface area contributed by atoms with Crippen LogP contribution in [0.25, 0.3) is 0 Å². The molecule has 1 fully saturated rings. The Morgan fingerprint density at radius 3 is 2.76 bits per heavy atom. The molecule has 2 heterocycles. The van der Waals surface area contributed by atoms with Crippen LogP contribution in [0.2, 0.25) is 0 Å². The molecule has 0 spiro atoms. The Morgan fingerprint density at radius 1 is 1.24 bits per heavy atom. The maximum atomic E-state index is 4.70. The molecule has 4 heteroatoms. The summed E-state index contributed by atoms with van der Waals surface area (Å²) in [5.41, 5.74) is 2.57. The van der Waals surface area contributed by atoms with Crippen LogP contribution in [0.5, 0.6) is 0 Å². The number of rotatable bonds is 6. The van der Waals surface area contributed by atoms with Crippen molar-refractivity contribution in [3.63, 3.8) is 0 Å². The summed E-state index contributed by atoms with van der Waals surface area (Å²) in [5.74, 6) is 1.35. The Balaban J connectivity index is 2.27. The SMILES string of the molecule is CCCNCc1c(C)nn(C)c1N1CCCCCC1CC. The van der Waals surface area contributed by atoms with Gasteiger partial charge >= 0.3 is 0 Å². The van der Waals surface area contributed by atoms with Crippen LogP contribution in [0.4, 0.5) is 5.82 Å². The molecule has 120 valence electrons. The molecule has 0 aliphatic carbocycles. The van der Waals surface area contributed by atoms with Gasteiger partial charge in [0.05, 0.1) is 5.69 Å². The van der Waals surface area contributed by atoms with Crippen LogP contribution in [0.1, 0.15) is 63.6 Å². The second kappa shape index (κ2) is 7.83. The number of hydrogen-bond donors (Lipinski definition) is 1. The van der Waals surface area contributed by atoms with Crippen molar-refractivity contribution in [1.82, 2.24) is 15.1 Å². The van der Waals surface area contributed by atoms with Crippen LogP contribution in [-0.4, -0.2) is 28.9 Å². The van der Waals surface area contributed by atoms with Crippen molar-refractivity contribution < 1.29 is 0 Å². The van der Waals surface area contributed by atoms with E-state index in [9.17, 15) is 0 Å². The molecular weight excluding hydrogens is 260 g/mol. The fourth-order valence-corrected chi connectivity index (χ4v) is 3.53. The predicted octanol–water partition coefficient (Wildman–Crippen LogP) is 3.39. The third kappa shape index (κ3) is 3.79. The van der Waals surface area contributed by atoms with E-state index < -0.39 is 0 Å². The minimum absolute atomic E-state index is 0.673.